The number of benzene rings is 2. The fourth-order valence-electron chi connectivity index (χ4n) is 2.30. The first-order chi connectivity index (χ1) is 12.8. The monoisotopic (exact) mass is 554 g/mol. The first-order valence-electron chi connectivity index (χ1n) is 7.73. The van der Waals surface area contributed by atoms with Crippen LogP contribution in [0.5, 0.6) is 5.75 Å². The largest absolute Gasteiger partial charge is 0.506 e. The van der Waals surface area contributed by atoms with Crippen LogP contribution in [0, 0.1) is 6.92 Å². The zero-order valence-corrected chi connectivity index (χ0v) is 18.7. The van der Waals surface area contributed by atoms with Crippen LogP contribution in [0.4, 0.5) is 0 Å². The number of rotatable bonds is 4. The highest BCUT2D eigenvalue weighted by molar-refractivity contribution is 9.11. The molecule has 0 spiro atoms. The molecule has 8 heteroatoms. The van der Waals surface area contributed by atoms with Gasteiger partial charge in [-0.05, 0) is 80.7 Å². The number of phenols is 1. The second-order valence-electron chi connectivity index (χ2n) is 5.67. The maximum Gasteiger partial charge on any atom is 0.271 e. The second-order valence-corrected chi connectivity index (χ2v) is 8.24. The van der Waals surface area contributed by atoms with Crippen LogP contribution in [-0.2, 0) is 0 Å². The third-order valence-electron chi connectivity index (χ3n) is 3.65. The molecule has 0 fully saturated rings. The van der Waals surface area contributed by atoms with E-state index in [1.807, 2.05) is 31.2 Å². The summed E-state index contributed by atoms with van der Waals surface area (Å²) in [5.41, 5.74) is 4.85. The summed E-state index contributed by atoms with van der Waals surface area (Å²) >= 11 is 9.91. The second kappa shape index (κ2) is 8.41. The van der Waals surface area contributed by atoms with E-state index in [1.54, 1.807) is 6.07 Å². The fourth-order valence-corrected chi connectivity index (χ4v) is 4.18. The molecule has 0 saturated heterocycles. The standard InChI is InChI=1S/C19H13Br3N2O3/c1-10-2-4-13(14(20)6-10)17-5-3-12(27-17)9-23-24-19(26)11-7-15(21)18(25)16(22)8-11/h2-9,25H,1H3,(H,24,26)/b23-9-. The van der Waals surface area contributed by atoms with Crippen molar-refractivity contribution in [1.29, 1.82) is 0 Å². The third kappa shape index (κ3) is 4.69. The first-order valence-corrected chi connectivity index (χ1v) is 10.1. The topological polar surface area (TPSA) is 74.8 Å². The lowest BCUT2D eigenvalue weighted by Crippen LogP contribution is -2.17. The van der Waals surface area contributed by atoms with E-state index in [-0.39, 0.29) is 5.75 Å². The lowest BCUT2D eigenvalue weighted by Gasteiger charge is -2.04. The molecule has 1 amide bonds. The number of carbonyl (C=O) groups excluding carboxylic acids is 1. The van der Waals surface area contributed by atoms with Crippen LogP contribution in [-0.4, -0.2) is 17.2 Å². The van der Waals surface area contributed by atoms with Gasteiger partial charge in [0.1, 0.15) is 17.3 Å². The Kier molecular flexibility index (Phi) is 6.18. The minimum atomic E-state index is -0.416. The minimum Gasteiger partial charge on any atom is -0.506 e. The van der Waals surface area contributed by atoms with Crippen molar-refractivity contribution in [2.24, 2.45) is 5.10 Å². The van der Waals surface area contributed by atoms with E-state index >= 15 is 0 Å². The number of hydrogen-bond donors (Lipinski definition) is 2. The number of hydrogen-bond acceptors (Lipinski definition) is 4. The number of halogens is 3. The van der Waals surface area contributed by atoms with Crippen molar-refractivity contribution in [2.45, 2.75) is 6.92 Å². The number of phenolic OH excluding ortho intramolecular Hbond substituents is 1. The van der Waals surface area contributed by atoms with Gasteiger partial charge in [0, 0.05) is 15.6 Å². The summed E-state index contributed by atoms with van der Waals surface area (Å²) in [4.78, 5) is 12.2. The van der Waals surface area contributed by atoms with Crippen molar-refractivity contribution in [3.8, 4) is 17.1 Å². The zero-order valence-electron chi connectivity index (χ0n) is 14.0. The Hall–Kier alpha value is -1.90. The molecule has 0 unspecified atom stereocenters. The van der Waals surface area contributed by atoms with Gasteiger partial charge in [0.2, 0.25) is 0 Å². The smallest absolute Gasteiger partial charge is 0.271 e. The zero-order chi connectivity index (χ0) is 19.6. The molecule has 0 atom stereocenters. The third-order valence-corrected chi connectivity index (χ3v) is 5.52. The van der Waals surface area contributed by atoms with Gasteiger partial charge in [0.15, 0.2) is 0 Å². The van der Waals surface area contributed by atoms with Crippen LogP contribution in [0.1, 0.15) is 21.7 Å². The molecule has 1 heterocycles. The molecule has 0 aliphatic heterocycles. The molecule has 5 nitrogen and oxygen atoms in total. The molecule has 2 aromatic carbocycles. The van der Waals surface area contributed by atoms with Gasteiger partial charge in [-0.15, -0.1) is 0 Å². The summed E-state index contributed by atoms with van der Waals surface area (Å²) in [6.45, 7) is 2.02. The predicted octanol–water partition coefficient (Wildman–Crippen LogP) is 6.01. The van der Waals surface area contributed by atoms with E-state index < -0.39 is 5.91 Å². The van der Waals surface area contributed by atoms with Crippen LogP contribution in [0.2, 0.25) is 0 Å². The normalized spacial score (nSPS) is 11.1. The van der Waals surface area contributed by atoms with E-state index in [2.05, 4.69) is 58.3 Å². The van der Waals surface area contributed by atoms with Crippen molar-refractivity contribution in [3.05, 3.63) is 72.8 Å². The van der Waals surface area contributed by atoms with Gasteiger partial charge in [0.25, 0.3) is 5.91 Å². The summed E-state index contributed by atoms with van der Waals surface area (Å²) in [7, 11) is 0. The molecule has 0 radical (unpaired) electrons. The van der Waals surface area contributed by atoms with Crippen LogP contribution in [0.3, 0.4) is 0 Å². The van der Waals surface area contributed by atoms with E-state index in [0.717, 1.165) is 15.6 Å². The summed E-state index contributed by atoms with van der Waals surface area (Å²) < 4.78 is 7.51. The maximum absolute atomic E-state index is 12.2. The number of nitrogens with one attached hydrogen (secondary N) is 1. The number of carbonyl (C=O) groups is 1. The summed E-state index contributed by atoms with van der Waals surface area (Å²) in [6, 6.07) is 12.6. The van der Waals surface area contributed by atoms with E-state index in [9.17, 15) is 9.90 Å². The van der Waals surface area contributed by atoms with Crippen LogP contribution in [0.15, 0.2) is 65.4 Å². The van der Waals surface area contributed by atoms with E-state index in [4.69, 9.17) is 4.42 Å². The molecule has 0 saturated carbocycles. The van der Waals surface area contributed by atoms with Crippen molar-refractivity contribution >= 4 is 59.9 Å². The highest BCUT2D eigenvalue weighted by atomic mass is 79.9. The average Bonchev–Trinajstić information content (AvgIpc) is 3.07. The average molecular weight is 557 g/mol. The Labute approximate surface area is 180 Å². The number of aromatic hydroxyl groups is 1. The lowest BCUT2D eigenvalue weighted by molar-refractivity contribution is 0.0955. The van der Waals surface area contributed by atoms with E-state index in [1.165, 1.54) is 18.3 Å². The van der Waals surface area contributed by atoms with Crippen molar-refractivity contribution in [2.75, 3.05) is 0 Å². The summed E-state index contributed by atoms with van der Waals surface area (Å²) in [5.74, 6) is 0.813. The Balaban J connectivity index is 1.70. The van der Waals surface area contributed by atoms with Gasteiger partial charge in [-0.1, -0.05) is 22.0 Å². The molecule has 138 valence electrons. The first kappa shape index (κ1) is 19.9. The van der Waals surface area contributed by atoms with Gasteiger partial charge in [-0.2, -0.15) is 5.10 Å². The van der Waals surface area contributed by atoms with E-state index in [0.29, 0.717) is 26.0 Å². The Morgan fingerprint density at radius 2 is 1.78 bits per heavy atom. The van der Waals surface area contributed by atoms with Gasteiger partial charge in [-0.3, -0.25) is 4.79 Å². The number of amides is 1. The summed E-state index contributed by atoms with van der Waals surface area (Å²) in [5, 5.41) is 13.6. The SMILES string of the molecule is Cc1ccc(-c2ccc(/C=N\NC(=O)c3cc(Br)c(O)c(Br)c3)o2)c(Br)c1. The molecule has 0 aliphatic rings. The Morgan fingerprint density at radius 1 is 1.07 bits per heavy atom. The van der Waals surface area contributed by atoms with Gasteiger partial charge in [0.05, 0.1) is 15.2 Å². The molecule has 27 heavy (non-hydrogen) atoms. The number of furan rings is 1. The number of nitrogens with zero attached hydrogens (tertiary/aromatic N) is 1. The maximum atomic E-state index is 12.2. The predicted molar refractivity (Wildman–Crippen MR) is 115 cm³/mol. The van der Waals surface area contributed by atoms with Crippen LogP contribution >= 0.6 is 47.8 Å². The highest BCUT2D eigenvalue weighted by Crippen LogP contribution is 2.33. The molecular formula is C19H13Br3N2O3. The fraction of sp³-hybridized carbons (Fsp3) is 0.0526. The highest BCUT2D eigenvalue weighted by Gasteiger charge is 2.11. The number of hydrazone groups is 1. The molecule has 3 rings (SSSR count). The van der Waals surface area contributed by atoms with Gasteiger partial charge in [-0.25, -0.2) is 5.43 Å². The molecule has 0 bridgehead atoms. The minimum absolute atomic E-state index is 0.0282. The summed E-state index contributed by atoms with van der Waals surface area (Å²) in [6.07, 6.45) is 1.42. The lowest BCUT2D eigenvalue weighted by atomic mass is 10.1. The quantitative estimate of drug-likeness (QED) is 0.305. The molecule has 0 aliphatic carbocycles. The van der Waals surface area contributed by atoms with Crippen molar-refractivity contribution in [3.63, 3.8) is 0 Å². The molecule has 2 N–H and O–H groups in total. The molecular weight excluding hydrogens is 544 g/mol. The number of aryl methyl sites for hydroxylation is 1. The molecule has 3 aromatic rings. The van der Waals surface area contributed by atoms with Crippen LogP contribution < -0.4 is 5.43 Å². The van der Waals surface area contributed by atoms with Crippen molar-refractivity contribution in [1.82, 2.24) is 5.43 Å². The van der Waals surface area contributed by atoms with Crippen LogP contribution in [0.25, 0.3) is 11.3 Å². The Morgan fingerprint density at radius 3 is 2.44 bits per heavy atom. The van der Waals surface area contributed by atoms with Gasteiger partial charge < -0.3 is 9.52 Å². The van der Waals surface area contributed by atoms with Gasteiger partial charge >= 0.3 is 0 Å². The molecule has 1 aromatic heterocycles. The van der Waals surface area contributed by atoms with Crippen molar-refractivity contribution < 1.29 is 14.3 Å². The Bertz CT molecular complexity index is 1020.